The highest BCUT2D eigenvalue weighted by Crippen LogP contribution is 2.25. The number of carbonyl (C=O) groups is 1. The largest absolute Gasteiger partial charge is 0.478 e. The molecule has 0 unspecified atom stereocenters. The van der Waals surface area contributed by atoms with Gasteiger partial charge in [0.25, 0.3) is 0 Å². The van der Waals surface area contributed by atoms with Crippen molar-refractivity contribution in [2.45, 2.75) is 0 Å². The third kappa shape index (κ3) is 3.10. The number of tetrazole rings is 1. The fourth-order valence-corrected chi connectivity index (χ4v) is 1.68. The maximum Gasteiger partial charge on any atom is 0.337 e. The number of nitriles is 3. The van der Waals surface area contributed by atoms with Crippen LogP contribution in [-0.2, 0) is 0 Å². The van der Waals surface area contributed by atoms with E-state index in [2.05, 4.69) is 25.9 Å². The van der Waals surface area contributed by atoms with E-state index < -0.39 is 11.5 Å². The van der Waals surface area contributed by atoms with Crippen LogP contribution < -0.4 is 5.32 Å². The van der Waals surface area contributed by atoms with Crippen molar-refractivity contribution in [3.05, 3.63) is 35.0 Å². The fourth-order valence-electron chi connectivity index (χ4n) is 1.68. The van der Waals surface area contributed by atoms with Crippen LogP contribution in [0.1, 0.15) is 10.4 Å². The van der Waals surface area contributed by atoms with E-state index in [4.69, 9.17) is 15.8 Å². The Morgan fingerprint density at radius 3 is 2.48 bits per heavy atom. The number of benzene rings is 1. The third-order valence-corrected chi connectivity index (χ3v) is 2.70. The lowest BCUT2D eigenvalue weighted by molar-refractivity contribution is 0.0698. The van der Waals surface area contributed by atoms with Crippen molar-refractivity contribution in [2.75, 3.05) is 5.32 Å². The molecule has 10 nitrogen and oxygen atoms in total. The second kappa shape index (κ2) is 6.48. The summed E-state index contributed by atoms with van der Waals surface area (Å²) in [5, 5.41) is 51.6. The molecule has 1 aromatic carbocycles. The second-order valence-corrected chi connectivity index (χ2v) is 4.01. The predicted molar refractivity (Wildman–Crippen MR) is 74.1 cm³/mol. The van der Waals surface area contributed by atoms with Crippen LogP contribution in [0.3, 0.4) is 0 Å². The first-order chi connectivity index (χ1) is 11.1. The zero-order valence-electron chi connectivity index (χ0n) is 11.3. The summed E-state index contributed by atoms with van der Waals surface area (Å²) in [7, 11) is 0. The molecule has 2 aromatic rings. The number of aromatic nitrogens is 4. The van der Waals surface area contributed by atoms with Crippen LogP contribution in [0.15, 0.2) is 29.5 Å². The highest BCUT2D eigenvalue weighted by atomic mass is 16.4. The summed E-state index contributed by atoms with van der Waals surface area (Å²) in [5.74, 6) is -1.03. The summed E-state index contributed by atoms with van der Waals surface area (Å²) in [6.07, 6.45) is 0. The van der Waals surface area contributed by atoms with E-state index in [-0.39, 0.29) is 22.8 Å². The average Bonchev–Trinajstić information content (AvgIpc) is 3.09. The Balaban J connectivity index is 2.56. The molecule has 0 aliphatic heterocycles. The lowest BCUT2D eigenvalue weighted by Gasteiger charge is -2.09. The van der Waals surface area contributed by atoms with E-state index >= 15 is 0 Å². The van der Waals surface area contributed by atoms with Crippen molar-refractivity contribution in [1.29, 1.82) is 15.8 Å². The van der Waals surface area contributed by atoms with Gasteiger partial charge in [-0.1, -0.05) is 6.07 Å². The summed E-state index contributed by atoms with van der Waals surface area (Å²) in [6, 6.07) is 8.89. The number of aromatic amines is 1. The second-order valence-electron chi connectivity index (χ2n) is 4.01. The van der Waals surface area contributed by atoms with Gasteiger partial charge < -0.3 is 10.4 Å². The number of hydrogen-bond donors (Lipinski definition) is 3. The molecule has 0 amide bonds. The number of nitrogens with one attached hydrogen (secondary N) is 2. The quantitative estimate of drug-likeness (QED) is 0.689. The molecule has 1 aromatic heterocycles. The van der Waals surface area contributed by atoms with Crippen LogP contribution >= 0.6 is 0 Å². The number of allylic oxidation sites excluding steroid dienone is 2. The Labute approximate surface area is 128 Å². The average molecular weight is 306 g/mol. The van der Waals surface area contributed by atoms with Gasteiger partial charge in [0.05, 0.1) is 11.3 Å². The molecular weight excluding hydrogens is 300 g/mol. The van der Waals surface area contributed by atoms with E-state index in [1.807, 2.05) is 0 Å². The van der Waals surface area contributed by atoms with Crippen LogP contribution in [0.5, 0.6) is 0 Å². The summed E-state index contributed by atoms with van der Waals surface area (Å²) >= 11 is 0. The van der Waals surface area contributed by atoms with Gasteiger partial charge >= 0.3 is 5.97 Å². The van der Waals surface area contributed by atoms with Gasteiger partial charge in [0, 0.05) is 5.56 Å². The van der Waals surface area contributed by atoms with Gasteiger partial charge in [-0.3, -0.25) is 0 Å². The van der Waals surface area contributed by atoms with Gasteiger partial charge in [-0.2, -0.15) is 21.0 Å². The van der Waals surface area contributed by atoms with E-state index in [1.165, 1.54) is 18.2 Å². The molecule has 110 valence electrons. The van der Waals surface area contributed by atoms with E-state index in [0.717, 1.165) is 0 Å². The molecule has 0 bridgehead atoms. The number of aromatic carboxylic acids is 1. The third-order valence-electron chi connectivity index (χ3n) is 2.70. The highest BCUT2D eigenvalue weighted by molar-refractivity contribution is 5.95. The first kappa shape index (κ1) is 15.2. The van der Waals surface area contributed by atoms with Crippen LogP contribution in [0.4, 0.5) is 5.69 Å². The van der Waals surface area contributed by atoms with Gasteiger partial charge in [-0.15, -0.1) is 10.2 Å². The topological polar surface area (TPSA) is 175 Å². The summed E-state index contributed by atoms with van der Waals surface area (Å²) in [4.78, 5) is 11.3. The first-order valence-electron chi connectivity index (χ1n) is 5.93. The number of anilines is 1. The van der Waals surface area contributed by atoms with Crippen molar-refractivity contribution in [1.82, 2.24) is 20.6 Å². The zero-order valence-corrected chi connectivity index (χ0v) is 11.3. The Hall–Kier alpha value is -4.23. The van der Waals surface area contributed by atoms with Crippen molar-refractivity contribution < 1.29 is 9.90 Å². The molecule has 0 saturated heterocycles. The van der Waals surface area contributed by atoms with Crippen LogP contribution in [0.2, 0.25) is 0 Å². The Kier molecular flexibility index (Phi) is 4.27. The highest BCUT2D eigenvalue weighted by Gasteiger charge is 2.16. The maximum atomic E-state index is 11.3. The molecule has 2 rings (SSSR count). The maximum absolute atomic E-state index is 11.3. The van der Waals surface area contributed by atoms with Crippen molar-refractivity contribution in [3.63, 3.8) is 0 Å². The number of carboxylic acids is 1. The van der Waals surface area contributed by atoms with Crippen molar-refractivity contribution in [3.8, 4) is 29.6 Å². The van der Waals surface area contributed by atoms with Crippen molar-refractivity contribution in [2.24, 2.45) is 0 Å². The monoisotopic (exact) mass is 306 g/mol. The predicted octanol–water partition coefficient (Wildman–Crippen LogP) is 0.802. The molecule has 0 spiro atoms. The Bertz CT molecular complexity index is 893. The summed E-state index contributed by atoms with van der Waals surface area (Å²) < 4.78 is 0. The summed E-state index contributed by atoms with van der Waals surface area (Å²) in [6.45, 7) is 0. The molecule has 0 aliphatic carbocycles. The lowest BCUT2D eigenvalue weighted by atomic mass is 10.1. The number of rotatable bonds is 4. The first-order valence-corrected chi connectivity index (χ1v) is 5.93. The molecule has 1 heterocycles. The zero-order chi connectivity index (χ0) is 16.8. The molecule has 10 heteroatoms. The minimum atomic E-state index is -1.25. The van der Waals surface area contributed by atoms with Gasteiger partial charge in [-0.05, 0) is 17.3 Å². The smallest absolute Gasteiger partial charge is 0.337 e. The standard InChI is InChI=1S/C13H6N8O2/c14-4-8(5-15)11(6-16)17-10-3-7(12-18-20-21-19-12)1-2-9(10)13(22)23/h1-3,17H,(H,22,23)(H,18,19,20,21). The molecule has 0 aliphatic rings. The molecule has 3 N–H and O–H groups in total. The Morgan fingerprint density at radius 1 is 1.22 bits per heavy atom. The molecule has 23 heavy (non-hydrogen) atoms. The number of carboxylic acid groups (broad SMARTS) is 1. The van der Waals surface area contributed by atoms with Gasteiger partial charge in [0.1, 0.15) is 23.9 Å². The number of nitrogens with zero attached hydrogens (tertiary/aromatic N) is 6. The van der Waals surface area contributed by atoms with Crippen LogP contribution in [0, 0.1) is 34.0 Å². The molecular formula is C13H6N8O2. The lowest BCUT2D eigenvalue weighted by Crippen LogP contribution is -2.07. The van der Waals surface area contributed by atoms with Crippen LogP contribution in [-0.4, -0.2) is 31.7 Å². The van der Waals surface area contributed by atoms with Gasteiger partial charge in [0.2, 0.25) is 5.82 Å². The van der Waals surface area contributed by atoms with E-state index in [1.54, 1.807) is 18.2 Å². The van der Waals surface area contributed by atoms with Crippen molar-refractivity contribution >= 4 is 11.7 Å². The fraction of sp³-hybridized carbons (Fsp3) is 0. The molecule has 0 radical (unpaired) electrons. The summed E-state index contributed by atoms with van der Waals surface area (Å²) in [5.41, 5.74) is -0.532. The number of H-pyrrole nitrogens is 1. The minimum Gasteiger partial charge on any atom is -0.478 e. The SMILES string of the molecule is N#CC(C#N)=C(C#N)Nc1cc(-c2nn[nH]n2)ccc1C(=O)O. The van der Waals surface area contributed by atoms with Gasteiger partial charge in [0.15, 0.2) is 5.57 Å². The molecule has 0 atom stereocenters. The van der Waals surface area contributed by atoms with E-state index in [9.17, 15) is 9.90 Å². The molecule has 0 fully saturated rings. The van der Waals surface area contributed by atoms with Crippen LogP contribution in [0.25, 0.3) is 11.4 Å². The molecule has 0 saturated carbocycles. The number of hydrogen-bond acceptors (Lipinski definition) is 8. The van der Waals surface area contributed by atoms with E-state index in [0.29, 0.717) is 5.56 Å². The normalized spacial score (nSPS) is 9.09. The van der Waals surface area contributed by atoms with Gasteiger partial charge in [-0.25, -0.2) is 4.79 Å². The Morgan fingerprint density at radius 2 is 1.96 bits per heavy atom. The minimum absolute atomic E-state index is 0.0133.